The maximum absolute atomic E-state index is 15.4. The van der Waals surface area contributed by atoms with Gasteiger partial charge in [0.2, 0.25) is 11.8 Å². The number of phenols is 1. The highest BCUT2D eigenvalue weighted by atomic mass is 79.9. The molecule has 0 spiro atoms. The summed E-state index contributed by atoms with van der Waals surface area (Å²) in [6.07, 6.45) is -3.11. The number of halogens is 6. The average molecular weight is 871 g/mol. The first-order chi connectivity index (χ1) is 26.6. The number of carbonyl (C=O) groups is 4. The number of hydrogen-bond donors (Lipinski definition) is 1. The van der Waals surface area contributed by atoms with Crippen molar-refractivity contribution in [1.29, 1.82) is 0 Å². The van der Waals surface area contributed by atoms with Crippen LogP contribution in [0.1, 0.15) is 35.6 Å². The number of methoxy groups -OCH3 is 1. The molecule has 6 unspecified atom stereocenters. The molecule has 2 aliphatic heterocycles. The number of amides is 4. The van der Waals surface area contributed by atoms with Crippen LogP contribution in [0.2, 0.25) is 10.0 Å². The number of allylic oxidation sites excluding steroid dienone is 2. The fraction of sp³-hybridized carbons (Fsp3) is 0.275. The zero-order chi connectivity index (χ0) is 40.0. The quantitative estimate of drug-likeness (QED) is 0.153. The van der Waals surface area contributed by atoms with E-state index < -0.39 is 76.3 Å². The lowest BCUT2D eigenvalue weighted by Crippen LogP contribution is -2.53. The van der Waals surface area contributed by atoms with E-state index in [9.17, 15) is 32.7 Å². The molecule has 1 aromatic heterocycles. The Hall–Kier alpha value is -4.92. The van der Waals surface area contributed by atoms with E-state index in [4.69, 9.17) is 27.9 Å². The van der Waals surface area contributed by atoms with Gasteiger partial charge in [-0.05, 0) is 66.8 Å². The van der Waals surface area contributed by atoms with Crippen molar-refractivity contribution >= 4 is 74.3 Å². The van der Waals surface area contributed by atoms with Gasteiger partial charge in [0.1, 0.15) is 5.69 Å². The van der Waals surface area contributed by atoms with E-state index in [2.05, 4.69) is 20.9 Å². The van der Waals surface area contributed by atoms with Crippen LogP contribution in [0.5, 0.6) is 11.5 Å². The van der Waals surface area contributed by atoms with Gasteiger partial charge in [0, 0.05) is 28.0 Å². The zero-order valence-electron chi connectivity index (χ0n) is 29.4. The van der Waals surface area contributed by atoms with Crippen LogP contribution in [0, 0.1) is 23.7 Å². The Balaban J connectivity index is 1.33. The van der Waals surface area contributed by atoms with Crippen LogP contribution in [0.15, 0.2) is 95.0 Å². The highest BCUT2D eigenvalue weighted by Crippen LogP contribution is 2.66. The summed E-state index contributed by atoms with van der Waals surface area (Å²) >= 11 is 16.2. The number of carbonyl (C=O) groups excluding carboxylic acids is 4. The normalized spacial score (nSPS) is 25.9. The summed E-state index contributed by atoms with van der Waals surface area (Å²) in [7, 11) is 2.60. The van der Waals surface area contributed by atoms with E-state index in [1.54, 1.807) is 66.7 Å². The lowest BCUT2D eigenvalue weighted by molar-refractivity contribution is -0.141. The number of hydrogen-bond acceptors (Lipinski definition) is 8. The number of aromatic hydroxyl groups is 1. The third kappa shape index (κ3) is 5.54. The molecule has 2 saturated heterocycles. The number of fused-ring (bicyclic) bond motifs is 4. The van der Waals surface area contributed by atoms with Crippen LogP contribution >= 0.6 is 39.1 Å². The number of nitrogens with zero attached hydrogens (tertiary/aromatic N) is 4. The number of hydrazine groups is 1. The smallest absolute Gasteiger partial charge is 0.433 e. The van der Waals surface area contributed by atoms with Crippen LogP contribution in [0.4, 0.5) is 24.7 Å². The van der Waals surface area contributed by atoms with Crippen LogP contribution in [0.25, 0.3) is 0 Å². The molecule has 3 aromatic carbocycles. The number of ether oxygens (including phenoxy) is 1. The molecule has 4 aliphatic rings. The van der Waals surface area contributed by atoms with E-state index in [1.807, 2.05) is 0 Å². The molecule has 10 nitrogen and oxygen atoms in total. The van der Waals surface area contributed by atoms with Gasteiger partial charge in [0.05, 0.1) is 41.0 Å². The second-order valence-electron chi connectivity index (χ2n) is 14.2. The second kappa shape index (κ2) is 13.6. The van der Waals surface area contributed by atoms with Crippen molar-refractivity contribution in [2.45, 2.75) is 30.4 Å². The molecule has 2 aliphatic carbocycles. The maximum atomic E-state index is 15.4. The number of benzene rings is 3. The van der Waals surface area contributed by atoms with Crippen molar-refractivity contribution in [3.05, 3.63) is 122 Å². The molecule has 3 heterocycles. The fourth-order valence-corrected chi connectivity index (χ4v) is 10.1. The van der Waals surface area contributed by atoms with Crippen molar-refractivity contribution in [2.24, 2.45) is 23.7 Å². The predicted molar refractivity (Wildman–Crippen MR) is 203 cm³/mol. The van der Waals surface area contributed by atoms with Gasteiger partial charge < -0.3 is 9.84 Å². The first-order valence-electron chi connectivity index (χ1n) is 17.4. The van der Waals surface area contributed by atoms with Crippen LogP contribution < -0.4 is 14.6 Å². The molecule has 1 N–H and O–H groups in total. The molecule has 6 atom stereocenters. The molecule has 3 fully saturated rings. The molecule has 0 radical (unpaired) electrons. The lowest BCUT2D eigenvalue weighted by Gasteiger charge is -2.50. The molecule has 4 aromatic rings. The van der Waals surface area contributed by atoms with Crippen molar-refractivity contribution in [1.82, 2.24) is 9.99 Å². The monoisotopic (exact) mass is 868 g/mol. The molecular weight excluding hydrogens is 840 g/mol. The molecule has 1 saturated carbocycles. The summed E-state index contributed by atoms with van der Waals surface area (Å²) in [5.41, 5.74) is -1.47. The van der Waals surface area contributed by atoms with Gasteiger partial charge in [0.25, 0.3) is 11.8 Å². The van der Waals surface area contributed by atoms with Gasteiger partial charge >= 0.3 is 6.18 Å². The Morgan fingerprint density at radius 1 is 0.946 bits per heavy atom. The molecule has 4 amide bonds. The molecule has 16 heteroatoms. The van der Waals surface area contributed by atoms with Gasteiger partial charge in [-0.2, -0.15) is 18.2 Å². The van der Waals surface area contributed by atoms with E-state index in [1.165, 1.54) is 20.2 Å². The lowest BCUT2D eigenvalue weighted by atomic mass is 9.49. The zero-order valence-corrected chi connectivity index (χ0v) is 32.5. The second-order valence-corrected chi connectivity index (χ2v) is 15.9. The standard InChI is InChI=1S/C40H30BrCl2F3N4O6/c1-48(34-28(43)13-14-30(47-34)40(44,45)46)50-35(52)24-12-11-23-25(31(24)37(50)54)18-27-36(53)49(22-10-6-9-21(42)17-22)38(55)39(27,19-7-4-3-5-8-19)32(23)26-15-20(41)16-29(56-2)33(26)51/h3-11,13-17,24-25,27,31-32,51H,12,18H2,1-2H3. The largest absolute Gasteiger partial charge is 0.504 e. The number of pyridine rings is 1. The molecular formula is C40H30BrCl2F3N4O6. The highest BCUT2D eigenvalue weighted by molar-refractivity contribution is 9.10. The van der Waals surface area contributed by atoms with Gasteiger partial charge in [-0.25, -0.2) is 9.88 Å². The van der Waals surface area contributed by atoms with E-state index in [0.29, 0.717) is 21.7 Å². The van der Waals surface area contributed by atoms with Gasteiger partial charge in [-0.3, -0.25) is 24.2 Å². The summed E-state index contributed by atoms with van der Waals surface area (Å²) in [4.78, 5) is 64.0. The van der Waals surface area contributed by atoms with E-state index in [-0.39, 0.29) is 45.6 Å². The Morgan fingerprint density at radius 3 is 2.36 bits per heavy atom. The summed E-state index contributed by atoms with van der Waals surface area (Å²) in [5.74, 6) is -8.40. The van der Waals surface area contributed by atoms with Crippen LogP contribution in [-0.4, -0.2) is 52.9 Å². The Kier molecular flexibility index (Phi) is 9.24. The third-order valence-corrected chi connectivity index (χ3v) is 12.5. The SMILES string of the molecule is COc1cc(Br)cc(C2C3=CCC4C(=O)N(N(C)c5nc(C(F)(F)F)ccc5Cl)C(=O)C4C3CC3C(=O)N(c4cccc(Cl)c4)C(=O)C32c2ccccc2)c1O. The van der Waals surface area contributed by atoms with Crippen LogP contribution in [-0.2, 0) is 30.8 Å². The molecule has 288 valence electrons. The molecule has 8 rings (SSSR count). The predicted octanol–water partition coefficient (Wildman–Crippen LogP) is 8.10. The van der Waals surface area contributed by atoms with Gasteiger partial charge in [0.15, 0.2) is 17.3 Å². The number of imide groups is 2. The fourth-order valence-electron chi connectivity index (χ4n) is 9.25. The van der Waals surface area contributed by atoms with Crippen molar-refractivity contribution in [2.75, 3.05) is 24.1 Å². The van der Waals surface area contributed by atoms with E-state index >= 15 is 4.79 Å². The summed E-state index contributed by atoms with van der Waals surface area (Å²) in [6.45, 7) is 0. The Bertz CT molecular complexity index is 2380. The third-order valence-electron chi connectivity index (χ3n) is 11.5. The molecule has 0 bridgehead atoms. The Labute approximate surface area is 336 Å². The number of aromatic nitrogens is 1. The summed E-state index contributed by atoms with van der Waals surface area (Å²) < 4.78 is 47.2. The van der Waals surface area contributed by atoms with E-state index in [0.717, 1.165) is 21.0 Å². The van der Waals surface area contributed by atoms with Gasteiger partial charge in [-0.15, -0.1) is 0 Å². The maximum Gasteiger partial charge on any atom is 0.433 e. The van der Waals surface area contributed by atoms with Crippen LogP contribution in [0.3, 0.4) is 0 Å². The van der Waals surface area contributed by atoms with Crippen molar-refractivity contribution in [3.63, 3.8) is 0 Å². The average Bonchev–Trinajstić information content (AvgIpc) is 3.56. The van der Waals surface area contributed by atoms with Crippen molar-refractivity contribution in [3.8, 4) is 11.5 Å². The number of alkyl halides is 3. The minimum Gasteiger partial charge on any atom is -0.504 e. The van der Waals surface area contributed by atoms with Gasteiger partial charge in [-0.1, -0.05) is 87.2 Å². The molecule has 56 heavy (non-hydrogen) atoms. The topological polar surface area (TPSA) is 120 Å². The number of anilines is 2. The Morgan fingerprint density at radius 2 is 1.68 bits per heavy atom. The minimum atomic E-state index is -4.83. The first kappa shape index (κ1) is 38.0. The summed E-state index contributed by atoms with van der Waals surface area (Å²) in [6, 6.07) is 20.0. The van der Waals surface area contributed by atoms with Crippen molar-refractivity contribution < 1.29 is 42.2 Å². The number of phenolic OH excluding ortho intramolecular Hbond substituents is 1. The minimum absolute atomic E-state index is 0.00719. The highest BCUT2D eigenvalue weighted by Gasteiger charge is 2.71. The number of rotatable bonds is 6. The first-order valence-corrected chi connectivity index (χ1v) is 19.0. The summed E-state index contributed by atoms with van der Waals surface area (Å²) in [5, 5.41) is 13.6.